The van der Waals surface area contributed by atoms with E-state index in [9.17, 15) is 0 Å². The number of furan rings is 1. The molecule has 150 valence electrons. The Kier molecular flexibility index (Phi) is 3.76. The SMILES string of the molecule is Brc1c2ccccc2c(-c2ccc3oc4c5ccccc5ccc4c3c2)c2ccccc12. The number of rotatable bonds is 1. The molecule has 0 aliphatic heterocycles. The van der Waals surface area contributed by atoms with Gasteiger partial charge in [-0.1, -0.05) is 84.9 Å². The van der Waals surface area contributed by atoms with E-state index in [-0.39, 0.29) is 0 Å². The van der Waals surface area contributed by atoms with Crippen LogP contribution in [0.25, 0.3) is 65.4 Å². The molecule has 1 nitrogen and oxygen atoms in total. The summed E-state index contributed by atoms with van der Waals surface area (Å²) in [6.45, 7) is 0. The second kappa shape index (κ2) is 6.69. The summed E-state index contributed by atoms with van der Waals surface area (Å²) >= 11 is 3.86. The maximum atomic E-state index is 6.34. The molecule has 0 N–H and O–H groups in total. The van der Waals surface area contributed by atoms with Gasteiger partial charge in [0.15, 0.2) is 0 Å². The Morgan fingerprint density at radius 3 is 1.84 bits per heavy atom. The van der Waals surface area contributed by atoms with E-state index in [0.29, 0.717) is 0 Å². The molecule has 0 unspecified atom stereocenters. The normalized spacial score (nSPS) is 11.9. The molecule has 0 aliphatic rings. The Balaban J connectivity index is 1.61. The zero-order chi connectivity index (χ0) is 21.2. The van der Waals surface area contributed by atoms with Gasteiger partial charge in [0.1, 0.15) is 11.2 Å². The largest absolute Gasteiger partial charge is 0.455 e. The van der Waals surface area contributed by atoms with Gasteiger partial charge >= 0.3 is 0 Å². The quantitative estimate of drug-likeness (QED) is 0.217. The lowest BCUT2D eigenvalue weighted by Crippen LogP contribution is -1.87. The highest BCUT2D eigenvalue weighted by Crippen LogP contribution is 2.43. The first-order chi connectivity index (χ1) is 15.8. The molecule has 0 atom stereocenters. The van der Waals surface area contributed by atoms with Crippen LogP contribution in [0.1, 0.15) is 0 Å². The molecule has 6 aromatic carbocycles. The van der Waals surface area contributed by atoms with Crippen molar-refractivity contribution in [1.29, 1.82) is 0 Å². The Hall–Kier alpha value is -3.62. The number of fused-ring (bicyclic) bond motifs is 7. The number of benzene rings is 6. The van der Waals surface area contributed by atoms with Crippen molar-refractivity contribution in [3.05, 3.63) is 108 Å². The fraction of sp³-hybridized carbons (Fsp3) is 0. The van der Waals surface area contributed by atoms with E-state index in [1.54, 1.807) is 0 Å². The lowest BCUT2D eigenvalue weighted by atomic mass is 9.91. The van der Waals surface area contributed by atoms with Crippen molar-refractivity contribution < 1.29 is 4.42 Å². The van der Waals surface area contributed by atoms with Crippen LogP contribution >= 0.6 is 15.9 Å². The van der Waals surface area contributed by atoms with Crippen LogP contribution in [0.3, 0.4) is 0 Å². The van der Waals surface area contributed by atoms with E-state index in [0.717, 1.165) is 31.8 Å². The van der Waals surface area contributed by atoms with E-state index in [1.165, 1.54) is 38.1 Å². The minimum atomic E-state index is 0.922. The van der Waals surface area contributed by atoms with Crippen LogP contribution in [-0.2, 0) is 0 Å². The summed E-state index contributed by atoms with van der Waals surface area (Å²) < 4.78 is 7.49. The van der Waals surface area contributed by atoms with Gasteiger partial charge in [-0.25, -0.2) is 0 Å². The average Bonchev–Trinajstić information content (AvgIpc) is 3.23. The number of hydrogen-bond donors (Lipinski definition) is 0. The molecule has 0 radical (unpaired) electrons. The average molecular weight is 473 g/mol. The maximum Gasteiger partial charge on any atom is 0.143 e. The second-order valence-corrected chi connectivity index (χ2v) is 9.05. The van der Waals surface area contributed by atoms with Gasteiger partial charge in [0.05, 0.1) is 0 Å². The van der Waals surface area contributed by atoms with Crippen molar-refractivity contribution in [2.45, 2.75) is 0 Å². The smallest absolute Gasteiger partial charge is 0.143 e. The van der Waals surface area contributed by atoms with E-state index in [4.69, 9.17) is 4.42 Å². The van der Waals surface area contributed by atoms with E-state index >= 15 is 0 Å². The maximum absolute atomic E-state index is 6.34. The molecule has 32 heavy (non-hydrogen) atoms. The summed E-state index contributed by atoms with van der Waals surface area (Å²) in [5, 5.41) is 9.61. The minimum Gasteiger partial charge on any atom is -0.455 e. The first kappa shape index (κ1) is 18.0. The lowest BCUT2D eigenvalue weighted by Gasteiger charge is -2.14. The van der Waals surface area contributed by atoms with Gasteiger partial charge in [0, 0.05) is 20.6 Å². The molecule has 7 rings (SSSR count). The molecule has 0 bridgehead atoms. The highest BCUT2D eigenvalue weighted by molar-refractivity contribution is 9.10. The fourth-order valence-electron chi connectivity index (χ4n) is 5.05. The van der Waals surface area contributed by atoms with E-state index in [2.05, 4.69) is 119 Å². The van der Waals surface area contributed by atoms with Crippen LogP contribution < -0.4 is 0 Å². The van der Waals surface area contributed by atoms with Gasteiger partial charge in [-0.3, -0.25) is 0 Å². The highest BCUT2D eigenvalue weighted by atomic mass is 79.9. The van der Waals surface area contributed by atoms with Gasteiger partial charge in [-0.05, 0) is 72.2 Å². The van der Waals surface area contributed by atoms with Gasteiger partial charge in [-0.2, -0.15) is 0 Å². The van der Waals surface area contributed by atoms with Crippen LogP contribution in [-0.4, -0.2) is 0 Å². The molecule has 0 saturated heterocycles. The second-order valence-electron chi connectivity index (χ2n) is 8.26. The Labute approximate surface area is 193 Å². The zero-order valence-electron chi connectivity index (χ0n) is 17.1. The van der Waals surface area contributed by atoms with Crippen molar-refractivity contribution in [2.75, 3.05) is 0 Å². The van der Waals surface area contributed by atoms with Gasteiger partial charge in [0.25, 0.3) is 0 Å². The van der Waals surface area contributed by atoms with Crippen molar-refractivity contribution >= 4 is 70.2 Å². The molecule has 7 aromatic rings. The molecule has 0 aliphatic carbocycles. The molecule has 1 heterocycles. The molecular formula is C30H17BrO. The zero-order valence-corrected chi connectivity index (χ0v) is 18.7. The number of halogens is 1. The summed E-state index contributed by atoms with van der Waals surface area (Å²) in [6, 6.07) is 36.6. The Bertz CT molecular complexity index is 1780. The molecule has 0 fully saturated rings. The van der Waals surface area contributed by atoms with Crippen molar-refractivity contribution in [1.82, 2.24) is 0 Å². The van der Waals surface area contributed by atoms with E-state index in [1.807, 2.05) is 0 Å². The topological polar surface area (TPSA) is 13.1 Å². The van der Waals surface area contributed by atoms with Gasteiger partial charge in [-0.15, -0.1) is 0 Å². The summed E-state index contributed by atoms with van der Waals surface area (Å²) in [4.78, 5) is 0. The molecule has 1 aromatic heterocycles. The highest BCUT2D eigenvalue weighted by Gasteiger charge is 2.16. The van der Waals surface area contributed by atoms with Crippen molar-refractivity contribution in [3.8, 4) is 11.1 Å². The molecular weight excluding hydrogens is 456 g/mol. The Morgan fingerprint density at radius 2 is 1.12 bits per heavy atom. The standard InChI is InChI=1S/C30H17BrO/c31-29-23-11-5-3-9-21(23)28(22-10-4-6-12-24(22)29)19-14-16-27-26(17-19)25-15-13-18-7-1-2-8-20(18)30(25)32-27/h1-17H. The first-order valence-electron chi connectivity index (χ1n) is 10.7. The third kappa shape index (κ3) is 2.44. The summed E-state index contributed by atoms with van der Waals surface area (Å²) in [5.74, 6) is 0. The van der Waals surface area contributed by atoms with Crippen LogP contribution in [0.2, 0.25) is 0 Å². The number of hydrogen-bond acceptors (Lipinski definition) is 1. The van der Waals surface area contributed by atoms with Crippen molar-refractivity contribution in [3.63, 3.8) is 0 Å². The van der Waals surface area contributed by atoms with Gasteiger partial charge < -0.3 is 4.42 Å². The third-order valence-corrected chi connectivity index (χ3v) is 7.37. The lowest BCUT2D eigenvalue weighted by molar-refractivity contribution is 0.672. The predicted octanol–water partition coefficient (Wildman–Crippen LogP) is 9.48. The molecule has 2 heteroatoms. The van der Waals surface area contributed by atoms with E-state index < -0.39 is 0 Å². The third-order valence-electron chi connectivity index (χ3n) is 6.52. The fourth-order valence-corrected chi connectivity index (χ4v) is 5.74. The first-order valence-corrected chi connectivity index (χ1v) is 11.5. The van der Waals surface area contributed by atoms with Crippen LogP contribution in [0.5, 0.6) is 0 Å². The summed E-state index contributed by atoms with van der Waals surface area (Å²) in [7, 11) is 0. The van der Waals surface area contributed by atoms with Crippen LogP contribution in [0.15, 0.2) is 112 Å². The monoisotopic (exact) mass is 472 g/mol. The van der Waals surface area contributed by atoms with Gasteiger partial charge in [0.2, 0.25) is 0 Å². The van der Waals surface area contributed by atoms with Crippen LogP contribution in [0, 0.1) is 0 Å². The van der Waals surface area contributed by atoms with Crippen molar-refractivity contribution in [2.24, 2.45) is 0 Å². The predicted molar refractivity (Wildman–Crippen MR) is 139 cm³/mol. The molecule has 0 amide bonds. The van der Waals surface area contributed by atoms with Crippen LogP contribution in [0.4, 0.5) is 0 Å². The Morgan fingerprint density at radius 1 is 0.500 bits per heavy atom. The summed E-state index contributed by atoms with van der Waals surface area (Å²) in [6.07, 6.45) is 0. The molecule has 0 saturated carbocycles. The minimum absolute atomic E-state index is 0.922. The molecule has 0 spiro atoms. The summed E-state index contributed by atoms with van der Waals surface area (Å²) in [5.41, 5.74) is 4.34.